The molecule has 2 aromatic rings. The normalized spacial score (nSPS) is 16.4. The van der Waals surface area contributed by atoms with Gasteiger partial charge in [0.1, 0.15) is 12.1 Å². The molecule has 0 aliphatic carbocycles. The molecule has 0 bridgehead atoms. The Hall–Kier alpha value is -2.82. The van der Waals surface area contributed by atoms with Crippen molar-refractivity contribution in [3.8, 4) is 0 Å². The van der Waals surface area contributed by atoms with Crippen LogP contribution in [0.15, 0.2) is 65.7 Å². The number of benzene rings is 2. The number of aliphatic imine (C=N–C) groups is 1. The van der Waals surface area contributed by atoms with Crippen molar-refractivity contribution in [3.05, 3.63) is 71.8 Å². The molecule has 30 heavy (non-hydrogen) atoms. The number of guanidine groups is 1. The predicted molar refractivity (Wildman–Crippen MR) is 121 cm³/mol. The first-order valence-corrected chi connectivity index (χ1v) is 10.7. The molecule has 0 radical (unpaired) electrons. The van der Waals surface area contributed by atoms with Gasteiger partial charge in [0.2, 0.25) is 0 Å². The summed E-state index contributed by atoms with van der Waals surface area (Å²) < 4.78 is 5.48. The van der Waals surface area contributed by atoms with E-state index in [1.54, 1.807) is 0 Å². The van der Waals surface area contributed by atoms with Crippen LogP contribution >= 0.6 is 0 Å². The molecule has 0 amide bonds. The first-order valence-electron chi connectivity index (χ1n) is 10.7. The molecule has 160 valence electrons. The molecule has 1 saturated heterocycles. The van der Waals surface area contributed by atoms with Gasteiger partial charge in [0, 0.05) is 13.1 Å². The summed E-state index contributed by atoms with van der Waals surface area (Å²) in [5, 5.41) is 0. The van der Waals surface area contributed by atoms with Crippen LogP contribution in [0.2, 0.25) is 0 Å². The summed E-state index contributed by atoms with van der Waals surface area (Å²) >= 11 is 0. The quantitative estimate of drug-likeness (QED) is 0.644. The molecular formula is C25H33N3O2. The minimum Gasteiger partial charge on any atom is -0.459 e. The Bertz CT molecular complexity index is 803. The van der Waals surface area contributed by atoms with Crippen molar-refractivity contribution in [1.29, 1.82) is 0 Å². The van der Waals surface area contributed by atoms with E-state index in [9.17, 15) is 4.79 Å². The van der Waals surface area contributed by atoms with Crippen LogP contribution in [0.5, 0.6) is 0 Å². The number of hydrogen-bond acceptors (Lipinski definition) is 3. The molecule has 2 aromatic carbocycles. The van der Waals surface area contributed by atoms with Gasteiger partial charge in [-0.2, -0.15) is 0 Å². The summed E-state index contributed by atoms with van der Waals surface area (Å²) in [5.74, 6) is 0.551. The summed E-state index contributed by atoms with van der Waals surface area (Å²) in [6, 6.07) is 21.2. The Morgan fingerprint density at radius 2 is 1.33 bits per heavy atom. The number of ether oxygens (including phenoxy) is 1. The highest BCUT2D eigenvalue weighted by molar-refractivity contribution is 5.85. The van der Waals surface area contributed by atoms with Crippen LogP contribution in [-0.2, 0) is 9.53 Å². The number of hydrogen-bond donors (Lipinski definition) is 0. The minimum atomic E-state index is -0.513. The van der Waals surface area contributed by atoms with Crippen LogP contribution in [0, 0.1) is 0 Å². The van der Waals surface area contributed by atoms with Crippen molar-refractivity contribution < 1.29 is 9.53 Å². The first-order chi connectivity index (χ1) is 14.3. The van der Waals surface area contributed by atoms with Crippen LogP contribution < -0.4 is 0 Å². The van der Waals surface area contributed by atoms with E-state index in [0.29, 0.717) is 0 Å². The van der Waals surface area contributed by atoms with E-state index in [2.05, 4.69) is 72.2 Å². The van der Waals surface area contributed by atoms with Gasteiger partial charge in [-0.15, -0.1) is 0 Å². The molecule has 1 heterocycles. The zero-order chi connectivity index (χ0) is 21.7. The Kier molecular flexibility index (Phi) is 6.80. The summed E-state index contributed by atoms with van der Waals surface area (Å²) in [5.41, 5.74) is 1.95. The van der Waals surface area contributed by atoms with Crippen molar-refractivity contribution in [3.63, 3.8) is 0 Å². The van der Waals surface area contributed by atoms with Crippen LogP contribution in [0.4, 0.5) is 0 Å². The molecule has 0 unspecified atom stereocenters. The van der Waals surface area contributed by atoms with Crippen LogP contribution in [0.25, 0.3) is 0 Å². The summed E-state index contributed by atoms with van der Waals surface area (Å²) in [6.45, 7) is 11.7. The minimum absolute atomic E-state index is 0.0165. The fraction of sp³-hybridized carbons (Fsp3) is 0.440. The van der Waals surface area contributed by atoms with Gasteiger partial charge in [-0.25, -0.2) is 4.99 Å². The topological polar surface area (TPSA) is 45.1 Å². The Labute approximate surface area is 180 Å². The summed E-state index contributed by atoms with van der Waals surface area (Å²) in [6.07, 6.45) is 0. The number of carbonyl (C=O) groups excluding carboxylic acids is 1. The van der Waals surface area contributed by atoms with Crippen molar-refractivity contribution in [2.75, 3.05) is 19.6 Å². The van der Waals surface area contributed by atoms with Crippen molar-refractivity contribution in [2.45, 2.75) is 52.3 Å². The van der Waals surface area contributed by atoms with Crippen molar-refractivity contribution in [1.82, 2.24) is 9.80 Å². The average Bonchev–Trinajstić information content (AvgIpc) is 3.15. The highest BCUT2D eigenvalue weighted by Crippen LogP contribution is 2.30. The maximum absolute atomic E-state index is 12.3. The molecule has 1 fully saturated rings. The van der Waals surface area contributed by atoms with Gasteiger partial charge in [-0.05, 0) is 45.7 Å². The number of carbonyl (C=O) groups is 1. The van der Waals surface area contributed by atoms with Gasteiger partial charge in [-0.1, -0.05) is 60.7 Å². The third-order valence-electron chi connectivity index (χ3n) is 5.36. The van der Waals surface area contributed by atoms with Crippen molar-refractivity contribution >= 4 is 11.9 Å². The SMILES string of the molecule is C[C@@H](c1ccccc1)N1CCN([C@@H](C)c2ccccc2)C1=NCC(=O)OC(C)(C)C. The van der Waals surface area contributed by atoms with Crippen LogP contribution in [-0.4, -0.2) is 47.0 Å². The highest BCUT2D eigenvalue weighted by atomic mass is 16.6. The standard InChI is InChI=1S/C25H33N3O2/c1-19(21-12-8-6-9-13-21)27-16-17-28(20(2)22-14-10-7-11-15-22)24(27)26-18-23(29)30-25(3,4)5/h6-15,19-20H,16-18H2,1-5H3/t19-,20-/m0/s1. The van der Waals surface area contributed by atoms with Gasteiger partial charge in [0.05, 0.1) is 12.1 Å². The Balaban J connectivity index is 1.87. The maximum Gasteiger partial charge on any atom is 0.328 e. The molecule has 1 aliphatic heterocycles. The molecule has 3 rings (SSSR count). The van der Waals surface area contributed by atoms with Gasteiger partial charge in [-0.3, -0.25) is 4.79 Å². The highest BCUT2D eigenvalue weighted by Gasteiger charge is 2.34. The lowest BCUT2D eigenvalue weighted by atomic mass is 10.1. The lowest BCUT2D eigenvalue weighted by molar-refractivity contribution is -0.152. The zero-order valence-corrected chi connectivity index (χ0v) is 18.7. The largest absolute Gasteiger partial charge is 0.459 e. The fourth-order valence-electron chi connectivity index (χ4n) is 3.83. The lowest BCUT2D eigenvalue weighted by Gasteiger charge is -2.32. The van der Waals surface area contributed by atoms with Crippen molar-refractivity contribution in [2.24, 2.45) is 4.99 Å². The molecule has 5 heteroatoms. The molecule has 0 N–H and O–H groups in total. The Morgan fingerprint density at radius 1 is 0.900 bits per heavy atom. The molecule has 0 aromatic heterocycles. The third kappa shape index (κ3) is 5.41. The molecule has 0 spiro atoms. The van der Waals surface area contributed by atoms with E-state index in [-0.39, 0.29) is 24.6 Å². The average molecular weight is 408 g/mol. The molecule has 0 saturated carbocycles. The first kappa shape index (κ1) is 21.9. The summed E-state index contributed by atoms with van der Waals surface area (Å²) in [7, 11) is 0. The monoisotopic (exact) mass is 407 g/mol. The Morgan fingerprint density at radius 3 is 1.73 bits per heavy atom. The summed E-state index contributed by atoms with van der Waals surface area (Å²) in [4.78, 5) is 21.7. The zero-order valence-electron chi connectivity index (χ0n) is 18.7. The fourth-order valence-corrected chi connectivity index (χ4v) is 3.83. The smallest absolute Gasteiger partial charge is 0.328 e. The number of esters is 1. The van der Waals surface area contributed by atoms with Gasteiger partial charge in [0.15, 0.2) is 5.96 Å². The number of nitrogens with zero attached hydrogens (tertiary/aromatic N) is 3. The maximum atomic E-state index is 12.3. The number of rotatable bonds is 6. The van der Waals surface area contributed by atoms with E-state index >= 15 is 0 Å². The molecule has 1 aliphatic rings. The van der Waals surface area contributed by atoms with E-state index in [1.807, 2.05) is 32.9 Å². The second-order valence-corrected chi connectivity index (χ2v) is 8.76. The second-order valence-electron chi connectivity index (χ2n) is 8.76. The van der Waals surface area contributed by atoms with E-state index in [4.69, 9.17) is 9.73 Å². The predicted octanol–water partition coefficient (Wildman–Crippen LogP) is 4.82. The van der Waals surface area contributed by atoms with Crippen LogP contribution in [0.3, 0.4) is 0 Å². The lowest BCUT2D eigenvalue weighted by Crippen LogP contribution is -2.37. The van der Waals surface area contributed by atoms with Crippen LogP contribution in [0.1, 0.15) is 57.8 Å². The van der Waals surface area contributed by atoms with Gasteiger partial charge >= 0.3 is 5.97 Å². The molecular weight excluding hydrogens is 374 g/mol. The second kappa shape index (κ2) is 9.33. The molecule has 5 nitrogen and oxygen atoms in total. The van der Waals surface area contributed by atoms with Gasteiger partial charge < -0.3 is 14.5 Å². The molecule has 2 atom stereocenters. The van der Waals surface area contributed by atoms with E-state index in [0.717, 1.165) is 19.0 Å². The van der Waals surface area contributed by atoms with E-state index in [1.165, 1.54) is 11.1 Å². The van der Waals surface area contributed by atoms with E-state index < -0.39 is 5.60 Å². The van der Waals surface area contributed by atoms with Gasteiger partial charge in [0.25, 0.3) is 0 Å². The third-order valence-corrected chi connectivity index (χ3v) is 5.36.